The van der Waals surface area contributed by atoms with Crippen molar-refractivity contribution in [2.24, 2.45) is 0 Å². The second-order valence-corrected chi connectivity index (χ2v) is 19.5. The highest BCUT2D eigenvalue weighted by Crippen LogP contribution is 2.59. The zero-order valence-electron chi connectivity index (χ0n) is 41.3. The third-order valence-electron chi connectivity index (χ3n) is 15.4. The normalized spacial score (nSPS) is 15.8. The topological polar surface area (TPSA) is 32.3 Å². The van der Waals surface area contributed by atoms with E-state index in [9.17, 15) is 0 Å². The number of fused-ring (bicyclic) bond motifs is 4. The Morgan fingerprint density at radius 3 is 1.28 bits per heavy atom. The maximum absolute atomic E-state index is 5.73. The molecule has 74 heavy (non-hydrogen) atoms. The highest BCUT2D eigenvalue weighted by atomic mass is 15.3. The number of nitrogens with zero attached hydrogens (tertiary/aromatic N) is 4. The Morgan fingerprint density at radius 1 is 0.311 bits per heavy atom. The Labute approximate surface area is 433 Å². The summed E-state index contributed by atoms with van der Waals surface area (Å²) in [6.07, 6.45) is 0. The lowest BCUT2D eigenvalue weighted by Crippen LogP contribution is -2.44. The molecule has 0 bridgehead atoms. The van der Waals surface area contributed by atoms with Gasteiger partial charge in [-0.25, -0.2) is 9.97 Å². The molecule has 1 heterocycles. The van der Waals surface area contributed by atoms with Crippen LogP contribution in [0.4, 0.5) is 34.4 Å². The molecule has 4 nitrogen and oxygen atoms in total. The summed E-state index contributed by atoms with van der Waals surface area (Å²) >= 11 is 0. The first-order valence-electron chi connectivity index (χ1n) is 25.5. The van der Waals surface area contributed by atoms with Crippen LogP contribution in [0.5, 0.6) is 0 Å². The van der Waals surface area contributed by atoms with Crippen LogP contribution in [0.3, 0.4) is 0 Å². The van der Waals surface area contributed by atoms with Crippen LogP contribution in [0.25, 0.3) is 32.9 Å². The van der Waals surface area contributed by atoms with Gasteiger partial charge in [-0.05, 0) is 134 Å². The van der Waals surface area contributed by atoms with Crippen molar-refractivity contribution in [3.05, 3.63) is 324 Å². The molecule has 0 amide bonds. The fourth-order valence-electron chi connectivity index (χ4n) is 11.9. The molecule has 1 aliphatic carbocycles. The smallest absolute Gasteiger partial charge is 0.163 e. The van der Waals surface area contributed by atoms with Gasteiger partial charge in [0.25, 0.3) is 0 Å². The van der Waals surface area contributed by atoms with Gasteiger partial charge in [0.2, 0.25) is 0 Å². The number of anilines is 6. The maximum Gasteiger partial charge on any atom is 0.163 e. The molecule has 1 aromatic heterocycles. The Balaban J connectivity index is 1.12. The molecule has 0 radical (unpaired) electrons. The van der Waals surface area contributed by atoms with E-state index >= 15 is 0 Å². The number of aryl methyl sites for hydroxylation is 1. The molecular formula is C70H52N4. The van der Waals surface area contributed by atoms with Crippen LogP contribution in [0, 0.1) is 6.92 Å². The molecule has 2 atom stereocenters. The number of hydrogen-bond donors (Lipinski definition) is 0. The van der Waals surface area contributed by atoms with Gasteiger partial charge in [0.1, 0.15) is 11.6 Å². The van der Waals surface area contributed by atoms with E-state index in [-0.39, 0.29) is 0 Å². The minimum atomic E-state index is -0.653. The van der Waals surface area contributed by atoms with Gasteiger partial charge in [0.05, 0.1) is 5.41 Å². The van der Waals surface area contributed by atoms with E-state index in [0.29, 0.717) is 5.82 Å². The zero-order chi connectivity index (χ0) is 49.6. The highest BCUT2D eigenvalue weighted by molar-refractivity contribution is 5.92. The zero-order valence-corrected chi connectivity index (χ0v) is 41.3. The lowest BCUT2D eigenvalue weighted by atomic mass is 9.52. The summed E-state index contributed by atoms with van der Waals surface area (Å²) in [5.74, 6) is 2.08. The molecule has 352 valence electrons. The lowest BCUT2D eigenvalue weighted by Gasteiger charge is -2.50. The Bertz CT molecular complexity index is 3870. The SMILES string of the molecule is Cc1ccccc1C1(c2ccccc2)c2ccccc2C(C)(c2ccccc2)c2cc(-c3nc(N(c4ccccc4)c4ccc5ccccc5c4)cc(N(c4ccccc4)c4ccc5ccccc5c4)n3)ccc21. The number of hydrogen-bond acceptors (Lipinski definition) is 4. The third kappa shape index (κ3) is 7.37. The maximum atomic E-state index is 5.73. The standard InChI is InChI=1S/C70H52N4/c1-49-23-15-20-36-61(49)70(56-30-9-4-10-31-56)63-38-22-21-37-62(63)69(2,55-28-7-3-8-29-55)65-47-54(41-44-64(65)70)68-71-66(73(57-32-11-5-12-33-57)59-42-39-50-24-16-18-26-52(50)45-59)48-67(72-68)74(58-34-13-6-14-35-58)60-43-40-51-25-17-19-27-53(51)46-60/h3-48H,1-2H3. The van der Waals surface area contributed by atoms with Gasteiger partial charge in [0.15, 0.2) is 5.82 Å². The van der Waals surface area contributed by atoms with Crippen molar-refractivity contribution in [2.75, 3.05) is 9.80 Å². The number of para-hydroxylation sites is 2. The number of aromatic nitrogens is 2. The van der Waals surface area contributed by atoms with Crippen LogP contribution in [0.2, 0.25) is 0 Å². The molecule has 12 aromatic rings. The first-order chi connectivity index (χ1) is 36.5. The van der Waals surface area contributed by atoms with E-state index in [0.717, 1.165) is 50.7 Å². The third-order valence-corrected chi connectivity index (χ3v) is 15.4. The van der Waals surface area contributed by atoms with Gasteiger partial charge in [-0.1, -0.05) is 218 Å². The van der Waals surface area contributed by atoms with Crippen molar-refractivity contribution in [1.29, 1.82) is 0 Å². The predicted octanol–water partition coefficient (Wildman–Crippen LogP) is 17.7. The fraction of sp³-hybridized carbons (Fsp3) is 0.0571. The second-order valence-electron chi connectivity index (χ2n) is 19.5. The van der Waals surface area contributed by atoms with Crippen LogP contribution in [-0.2, 0) is 10.8 Å². The molecule has 13 rings (SSSR count). The van der Waals surface area contributed by atoms with E-state index in [2.05, 4.69) is 303 Å². The minimum Gasteiger partial charge on any atom is -0.295 e. The monoisotopic (exact) mass is 948 g/mol. The van der Waals surface area contributed by atoms with Gasteiger partial charge in [-0.3, -0.25) is 9.80 Å². The summed E-state index contributed by atoms with van der Waals surface area (Å²) in [6, 6.07) is 101. The lowest BCUT2D eigenvalue weighted by molar-refractivity contribution is 0.587. The van der Waals surface area contributed by atoms with Crippen LogP contribution < -0.4 is 9.80 Å². The first-order valence-corrected chi connectivity index (χ1v) is 25.5. The fourth-order valence-corrected chi connectivity index (χ4v) is 11.9. The molecule has 11 aromatic carbocycles. The average Bonchev–Trinajstić information content (AvgIpc) is 3.63. The van der Waals surface area contributed by atoms with Crippen molar-refractivity contribution >= 4 is 55.9 Å². The van der Waals surface area contributed by atoms with Crippen LogP contribution in [0.1, 0.15) is 51.4 Å². The molecule has 4 heteroatoms. The summed E-state index contributed by atoms with van der Waals surface area (Å²) in [7, 11) is 0. The van der Waals surface area contributed by atoms with Crippen molar-refractivity contribution in [3.8, 4) is 11.4 Å². The molecule has 0 N–H and O–H groups in total. The largest absolute Gasteiger partial charge is 0.295 e. The predicted molar refractivity (Wildman–Crippen MR) is 307 cm³/mol. The molecule has 0 aliphatic heterocycles. The summed E-state index contributed by atoms with van der Waals surface area (Å²) in [6.45, 7) is 4.66. The van der Waals surface area contributed by atoms with E-state index < -0.39 is 10.8 Å². The number of benzene rings is 11. The van der Waals surface area contributed by atoms with Crippen LogP contribution in [0.15, 0.2) is 279 Å². The molecule has 0 saturated heterocycles. The number of rotatable bonds is 10. The van der Waals surface area contributed by atoms with E-state index in [1.165, 1.54) is 55.3 Å². The van der Waals surface area contributed by atoms with Crippen LogP contribution in [-0.4, -0.2) is 9.97 Å². The Morgan fingerprint density at radius 2 is 0.743 bits per heavy atom. The van der Waals surface area contributed by atoms with Gasteiger partial charge in [-0.15, -0.1) is 0 Å². The molecule has 0 spiro atoms. The first kappa shape index (κ1) is 44.6. The summed E-state index contributed by atoms with van der Waals surface area (Å²) in [4.78, 5) is 16.0. The summed E-state index contributed by atoms with van der Waals surface area (Å²) in [5.41, 5.74) is 13.5. The molecule has 0 saturated carbocycles. The van der Waals surface area contributed by atoms with E-state index in [1.54, 1.807) is 0 Å². The highest BCUT2D eigenvalue weighted by Gasteiger charge is 2.51. The van der Waals surface area contributed by atoms with Gasteiger partial charge in [-0.2, -0.15) is 0 Å². The summed E-state index contributed by atoms with van der Waals surface area (Å²) < 4.78 is 0. The molecular weight excluding hydrogens is 897 g/mol. The van der Waals surface area contributed by atoms with Gasteiger partial charge in [0, 0.05) is 39.8 Å². The quantitative estimate of drug-likeness (QED) is 0.137. The van der Waals surface area contributed by atoms with Gasteiger partial charge < -0.3 is 0 Å². The van der Waals surface area contributed by atoms with E-state index in [1.807, 2.05) is 0 Å². The molecule has 2 unspecified atom stereocenters. The van der Waals surface area contributed by atoms with E-state index in [4.69, 9.17) is 9.97 Å². The van der Waals surface area contributed by atoms with Crippen molar-refractivity contribution in [2.45, 2.75) is 24.7 Å². The Hall–Kier alpha value is -9.38. The average molecular weight is 949 g/mol. The summed E-state index contributed by atoms with van der Waals surface area (Å²) in [5, 5.41) is 4.64. The molecule has 0 fully saturated rings. The van der Waals surface area contributed by atoms with Crippen LogP contribution >= 0.6 is 0 Å². The second kappa shape index (κ2) is 18.3. The van der Waals surface area contributed by atoms with Crippen molar-refractivity contribution in [3.63, 3.8) is 0 Å². The minimum absolute atomic E-state index is 0.576. The van der Waals surface area contributed by atoms with Gasteiger partial charge >= 0.3 is 0 Å². The Kier molecular flexibility index (Phi) is 11.0. The molecule has 1 aliphatic rings. The van der Waals surface area contributed by atoms with Crippen molar-refractivity contribution in [1.82, 2.24) is 9.97 Å². The van der Waals surface area contributed by atoms with Crippen molar-refractivity contribution < 1.29 is 0 Å².